The first kappa shape index (κ1) is 10.3. The number of nitrogens with zero attached hydrogens (tertiary/aromatic N) is 2. The Kier molecular flexibility index (Phi) is 2.34. The zero-order valence-corrected chi connectivity index (χ0v) is 7.79. The van der Waals surface area contributed by atoms with Gasteiger partial charge >= 0.3 is 6.18 Å². The van der Waals surface area contributed by atoms with Crippen molar-refractivity contribution in [3.05, 3.63) is 11.8 Å². The molecule has 2 heterocycles. The summed E-state index contributed by atoms with van der Waals surface area (Å²) in [5.74, 6) is -0.116. The second-order valence-corrected chi connectivity index (χ2v) is 3.41. The topological polar surface area (TPSA) is 53.1 Å². The van der Waals surface area contributed by atoms with E-state index in [9.17, 15) is 13.2 Å². The van der Waals surface area contributed by atoms with E-state index in [-0.39, 0.29) is 18.5 Å². The van der Waals surface area contributed by atoms with Crippen LogP contribution in [0.2, 0.25) is 0 Å². The molecule has 1 aliphatic rings. The van der Waals surface area contributed by atoms with Crippen LogP contribution in [-0.4, -0.2) is 23.0 Å². The number of nitrogen functional groups attached to an aromatic ring is 1. The van der Waals surface area contributed by atoms with E-state index >= 15 is 0 Å². The zero-order valence-electron chi connectivity index (χ0n) is 7.79. The fraction of sp³-hybridized carbons (Fsp3) is 0.625. The number of hydrogen-bond donors (Lipinski definition) is 1. The van der Waals surface area contributed by atoms with Gasteiger partial charge < -0.3 is 10.5 Å². The van der Waals surface area contributed by atoms with Crippen LogP contribution in [0.15, 0.2) is 6.07 Å². The highest BCUT2D eigenvalue weighted by Gasteiger charge is 2.38. The van der Waals surface area contributed by atoms with Crippen molar-refractivity contribution in [3.63, 3.8) is 0 Å². The molecule has 0 bridgehead atoms. The predicted molar refractivity (Wildman–Crippen MR) is 46.1 cm³/mol. The van der Waals surface area contributed by atoms with E-state index in [1.807, 2.05) is 0 Å². The summed E-state index contributed by atoms with van der Waals surface area (Å²) in [5.41, 5.74) is 4.46. The van der Waals surface area contributed by atoms with Crippen molar-refractivity contribution in [3.8, 4) is 0 Å². The lowest BCUT2D eigenvalue weighted by atomic mass is 10.2. The largest absolute Gasteiger partial charge is 0.433 e. The number of nitrogens with two attached hydrogens (primary N) is 1. The Hall–Kier alpha value is -1.24. The molecule has 1 aliphatic heterocycles. The maximum Gasteiger partial charge on any atom is 0.433 e. The highest BCUT2D eigenvalue weighted by Crippen LogP contribution is 2.33. The van der Waals surface area contributed by atoms with Gasteiger partial charge in [-0.15, -0.1) is 0 Å². The van der Waals surface area contributed by atoms with Crippen molar-refractivity contribution < 1.29 is 17.9 Å². The zero-order chi connectivity index (χ0) is 11.1. The highest BCUT2D eigenvalue weighted by molar-refractivity contribution is 5.31. The summed E-state index contributed by atoms with van der Waals surface area (Å²) in [6.45, 7) is 0.714. The second kappa shape index (κ2) is 3.41. The van der Waals surface area contributed by atoms with Gasteiger partial charge in [0.2, 0.25) is 0 Å². The van der Waals surface area contributed by atoms with Crippen LogP contribution in [0.4, 0.5) is 19.0 Å². The summed E-state index contributed by atoms with van der Waals surface area (Å²) in [7, 11) is 0. The third-order valence-corrected chi connectivity index (χ3v) is 2.30. The third kappa shape index (κ3) is 1.92. The Balaban J connectivity index is 2.37. The van der Waals surface area contributed by atoms with Crippen LogP contribution < -0.4 is 5.73 Å². The van der Waals surface area contributed by atoms with Gasteiger partial charge in [-0.25, -0.2) is 0 Å². The first-order valence-electron chi connectivity index (χ1n) is 4.48. The van der Waals surface area contributed by atoms with E-state index in [1.54, 1.807) is 0 Å². The number of alkyl halides is 3. The third-order valence-electron chi connectivity index (χ3n) is 2.30. The molecule has 1 fully saturated rings. The molecule has 0 radical (unpaired) electrons. The molecule has 1 saturated heterocycles. The number of aromatic nitrogens is 2. The molecule has 0 saturated carbocycles. The Bertz CT molecular complexity index is 355. The van der Waals surface area contributed by atoms with Gasteiger partial charge in [0.05, 0.1) is 12.6 Å². The van der Waals surface area contributed by atoms with Gasteiger partial charge in [0.15, 0.2) is 0 Å². The minimum Gasteiger partial charge on any atom is -0.382 e. The van der Waals surface area contributed by atoms with Crippen molar-refractivity contribution in [2.45, 2.75) is 18.6 Å². The second-order valence-electron chi connectivity index (χ2n) is 3.41. The quantitative estimate of drug-likeness (QED) is 0.780. The van der Waals surface area contributed by atoms with Crippen LogP contribution in [0.3, 0.4) is 0 Å². The molecule has 0 unspecified atom stereocenters. The van der Waals surface area contributed by atoms with E-state index in [4.69, 9.17) is 10.5 Å². The van der Waals surface area contributed by atoms with E-state index in [0.29, 0.717) is 13.0 Å². The van der Waals surface area contributed by atoms with Crippen LogP contribution in [0, 0.1) is 0 Å². The summed E-state index contributed by atoms with van der Waals surface area (Å²) in [5, 5.41) is 3.65. The smallest absolute Gasteiger partial charge is 0.382 e. The highest BCUT2D eigenvalue weighted by atomic mass is 19.4. The van der Waals surface area contributed by atoms with Crippen LogP contribution in [0.25, 0.3) is 0 Å². The maximum absolute atomic E-state index is 12.6. The molecule has 2 N–H and O–H groups in total. The van der Waals surface area contributed by atoms with Crippen LogP contribution >= 0.6 is 0 Å². The normalized spacial score (nSPS) is 22.2. The van der Waals surface area contributed by atoms with E-state index < -0.39 is 11.9 Å². The Morgan fingerprint density at radius 3 is 2.80 bits per heavy atom. The number of halogens is 3. The average Bonchev–Trinajstić information content (AvgIpc) is 2.68. The Labute approximate surface area is 83.8 Å². The number of hydrogen-bond acceptors (Lipinski definition) is 3. The SMILES string of the molecule is Nc1cc(C(F)(F)F)n([C@H]2CCOC2)n1. The maximum atomic E-state index is 12.6. The van der Waals surface area contributed by atoms with Crippen LogP contribution in [-0.2, 0) is 10.9 Å². The summed E-state index contributed by atoms with van der Waals surface area (Å²) >= 11 is 0. The fourth-order valence-electron chi connectivity index (χ4n) is 1.62. The molecule has 0 aliphatic carbocycles. The van der Waals surface area contributed by atoms with Crippen molar-refractivity contribution in [2.75, 3.05) is 18.9 Å². The first-order chi connectivity index (χ1) is 6.98. The van der Waals surface area contributed by atoms with E-state index in [1.165, 1.54) is 0 Å². The molecular formula is C8H10F3N3O. The molecule has 1 aromatic rings. The van der Waals surface area contributed by atoms with E-state index in [2.05, 4.69) is 5.10 Å². The number of ether oxygens (including phenoxy) is 1. The minimum atomic E-state index is -4.42. The summed E-state index contributed by atoms with van der Waals surface area (Å²) in [6, 6.07) is 0.483. The molecule has 4 nitrogen and oxygen atoms in total. The van der Waals surface area contributed by atoms with Crippen LogP contribution in [0.1, 0.15) is 18.2 Å². The lowest BCUT2D eigenvalue weighted by molar-refractivity contribution is -0.145. The molecule has 2 rings (SSSR count). The average molecular weight is 221 g/mol. The lowest BCUT2D eigenvalue weighted by Gasteiger charge is -2.14. The number of rotatable bonds is 1. The molecular weight excluding hydrogens is 211 g/mol. The molecule has 0 spiro atoms. The van der Waals surface area contributed by atoms with Gasteiger partial charge in [-0.3, -0.25) is 4.68 Å². The predicted octanol–water partition coefficient (Wildman–Crippen LogP) is 1.45. The first-order valence-corrected chi connectivity index (χ1v) is 4.48. The summed E-state index contributed by atoms with van der Waals surface area (Å²) in [4.78, 5) is 0. The van der Waals surface area contributed by atoms with Crippen molar-refractivity contribution in [2.24, 2.45) is 0 Å². The van der Waals surface area contributed by atoms with Gasteiger partial charge in [0, 0.05) is 12.7 Å². The van der Waals surface area contributed by atoms with Crippen molar-refractivity contribution in [1.29, 1.82) is 0 Å². The molecule has 7 heteroatoms. The molecule has 84 valence electrons. The minimum absolute atomic E-state index is 0.116. The van der Waals surface area contributed by atoms with Crippen molar-refractivity contribution in [1.82, 2.24) is 9.78 Å². The summed E-state index contributed by atoms with van der Waals surface area (Å²) in [6.07, 6.45) is -3.89. The van der Waals surface area contributed by atoms with Gasteiger partial charge in [0.25, 0.3) is 0 Å². The molecule has 1 aromatic heterocycles. The van der Waals surface area contributed by atoms with Gasteiger partial charge in [-0.05, 0) is 6.42 Å². The summed E-state index contributed by atoms with van der Waals surface area (Å²) < 4.78 is 43.6. The Morgan fingerprint density at radius 2 is 2.27 bits per heavy atom. The lowest BCUT2D eigenvalue weighted by Crippen LogP contribution is -2.19. The van der Waals surface area contributed by atoms with Gasteiger partial charge in [-0.2, -0.15) is 18.3 Å². The van der Waals surface area contributed by atoms with Gasteiger partial charge in [-0.1, -0.05) is 0 Å². The monoisotopic (exact) mass is 221 g/mol. The van der Waals surface area contributed by atoms with E-state index in [0.717, 1.165) is 10.7 Å². The molecule has 0 amide bonds. The Morgan fingerprint density at radius 1 is 1.53 bits per heavy atom. The van der Waals surface area contributed by atoms with Gasteiger partial charge in [0.1, 0.15) is 11.5 Å². The number of anilines is 1. The molecule has 15 heavy (non-hydrogen) atoms. The van der Waals surface area contributed by atoms with Crippen LogP contribution in [0.5, 0.6) is 0 Å². The van der Waals surface area contributed by atoms with Crippen molar-refractivity contribution >= 4 is 5.82 Å². The standard InChI is InChI=1S/C8H10F3N3O/c9-8(10,11)6-3-7(12)13-14(6)5-1-2-15-4-5/h3,5H,1-2,4H2,(H2,12,13)/t5-/m0/s1. The fourth-order valence-corrected chi connectivity index (χ4v) is 1.62. The molecule has 1 atom stereocenters. The molecule has 0 aromatic carbocycles.